The third kappa shape index (κ3) is 9.39. The molecule has 9 heteroatoms. The van der Waals surface area contributed by atoms with Gasteiger partial charge in [0.05, 0.1) is 13.2 Å². The molecule has 0 bridgehead atoms. The largest absolute Gasteiger partial charge is 0.497 e. The van der Waals surface area contributed by atoms with Gasteiger partial charge in [-0.3, -0.25) is 14.4 Å². The van der Waals surface area contributed by atoms with Crippen molar-refractivity contribution in [1.29, 1.82) is 0 Å². The lowest BCUT2D eigenvalue weighted by Gasteiger charge is -2.29. The molecule has 2 atom stereocenters. The number of amides is 3. The molecule has 0 saturated carbocycles. The average molecular weight is 589 g/mol. The minimum atomic E-state index is -1.05. The van der Waals surface area contributed by atoms with E-state index in [1.807, 2.05) is 57.2 Å². The second-order valence-corrected chi connectivity index (χ2v) is 10.9. The summed E-state index contributed by atoms with van der Waals surface area (Å²) in [4.78, 5) is 43.0. The van der Waals surface area contributed by atoms with E-state index < -0.39 is 24.0 Å². The third-order valence-electron chi connectivity index (χ3n) is 7.27. The summed E-state index contributed by atoms with van der Waals surface area (Å²) in [5.41, 5.74) is 15.3. The van der Waals surface area contributed by atoms with E-state index in [0.29, 0.717) is 25.3 Å². The summed E-state index contributed by atoms with van der Waals surface area (Å²) < 4.78 is 5.36. The molecule has 0 fully saturated rings. The third-order valence-corrected chi connectivity index (χ3v) is 7.27. The molecule has 0 aliphatic rings. The number of methoxy groups -OCH3 is 1. The van der Waals surface area contributed by atoms with Crippen molar-refractivity contribution >= 4 is 17.7 Å². The number of hydrogen-bond donors (Lipinski definition) is 3. The van der Waals surface area contributed by atoms with E-state index in [1.54, 1.807) is 24.1 Å². The van der Waals surface area contributed by atoms with Crippen molar-refractivity contribution < 1.29 is 24.2 Å². The van der Waals surface area contributed by atoms with Gasteiger partial charge in [0, 0.05) is 48.9 Å². The van der Waals surface area contributed by atoms with Crippen LogP contribution in [0.25, 0.3) is 0 Å². The van der Waals surface area contributed by atoms with Crippen molar-refractivity contribution in [3.63, 3.8) is 0 Å². The van der Waals surface area contributed by atoms with Gasteiger partial charge in [-0.1, -0.05) is 55.8 Å². The van der Waals surface area contributed by atoms with E-state index >= 15 is 0 Å². The highest BCUT2D eigenvalue weighted by Crippen LogP contribution is 2.20. The summed E-state index contributed by atoms with van der Waals surface area (Å²) >= 11 is 0. The average Bonchev–Trinajstić information content (AvgIpc) is 3.00. The smallest absolute Gasteiger partial charge is 0.254 e. The van der Waals surface area contributed by atoms with Crippen LogP contribution in [0.15, 0.2) is 66.7 Å². The number of primary amides is 1. The zero-order valence-corrected chi connectivity index (χ0v) is 25.6. The lowest BCUT2D eigenvalue weighted by atomic mass is 9.99. The molecule has 0 unspecified atom stereocenters. The Balaban J connectivity index is 1.97. The fourth-order valence-corrected chi connectivity index (χ4v) is 4.94. The van der Waals surface area contributed by atoms with Crippen molar-refractivity contribution in [2.24, 2.45) is 11.5 Å². The monoisotopic (exact) mass is 588 g/mol. The minimum absolute atomic E-state index is 0.0556. The van der Waals surface area contributed by atoms with Crippen LogP contribution in [0.1, 0.15) is 74.5 Å². The molecule has 0 heterocycles. The SMILES string of the molecule is CCCN(CCC)C(=O)c1cc(C(N)=O)cc(C(=O)N(Cc2cccc(OC)c2)C[C@@H](O)[C@@H](N)Cc2ccc(C)cc2)c1. The van der Waals surface area contributed by atoms with Crippen LogP contribution in [0, 0.1) is 6.92 Å². The summed E-state index contributed by atoms with van der Waals surface area (Å²) in [5, 5.41) is 11.2. The maximum Gasteiger partial charge on any atom is 0.254 e. The van der Waals surface area contributed by atoms with Crippen LogP contribution in [0.4, 0.5) is 0 Å². The highest BCUT2D eigenvalue weighted by molar-refractivity contribution is 6.04. The van der Waals surface area contributed by atoms with Crippen molar-refractivity contribution in [2.75, 3.05) is 26.7 Å². The van der Waals surface area contributed by atoms with Crippen LogP contribution in [0.2, 0.25) is 0 Å². The molecule has 0 spiro atoms. The summed E-state index contributed by atoms with van der Waals surface area (Å²) in [6, 6.07) is 18.8. The first kappa shape index (κ1) is 33.3. The predicted molar refractivity (Wildman–Crippen MR) is 168 cm³/mol. The van der Waals surface area contributed by atoms with Crippen molar-refractivity contribution in [2.45, 2.75) is 58.7 Å². The number of ether oxygens (including phenoxy) is 1. The number of aliphatic hydroxyl groups is 1. The Labute approximate surface area is 254 Å². The van der Waals surface area contributed by atoms with Gasteiger partial charge in [0.1, 0.15) is 5.75 Å². The molecule has 0 aliphatic heterocycles. The van der Waals surface area contributed by atoms with Gasteiger partial charge in [-0.25, -0.2) is 0 Å². The van der Waals surface area contributed by atoms with Crippen molar-refractivity contribution in [3.8, 4) is 5.75 Å². The minimum Gasteiger partial charge on any atom is -0.497 e. The van der Waals surface area contributed by atoms with Gasteiger partial charge in [0.15, 0.2) is 0 Å². The normalized spacial score (nSPS) is 12.3. The standard InChI is InChI=1S/C34H44N4O5/c1-5-14-37(15-6-2)33(41)27-18-26(32(36)40)19-28(20-27)34(42)38(21-25-8-7-9-29(16-25)43-4)22-31(39)30(35)17-24-12-10-23(3)11-13-24/h7-13,16,18-20,30-31,39H,5-6,14-15,17,21-22,35H2,1-4H3,(H2,36,40)/t30-,31+/m0/s1. The molecule has 230 valence electrons. The highest BCUT2D eigenvalue weighted by Gasteiger charge is 2.26. The van der Waals surface area contributed by atoms with Crippen LogP contribution in [0.5, 0.6) is 5.75 Å². The number of aryl methyl sites for hydroxylation is 1. The predicted octanol–water partition coefficient (Wildman–Crippen LogP) is 3.94. The number of rotatable bonds is 15. The fourth-order valence-electron chi connectivity index (χ4n) is 4.94. The zero-order valence-electron chi connectivity index (χ0n) is 25.6. The van der Waals surface area contributed by atoms with Gasteiger partial charge in [0.25, 0.3) is 11.8 Å². The quantitative estimate of drug-likeness (QED) is 0.246. The number of benzene rings is 3. The van der Waals surface area contributed by atoms with Crippen LogP contribution >= 0.6 is 0 Å². The van der Waals surface area contributed by atoms with E-state index in [1.165, 1.54) is 23.1 Å². The number of nitrogens with zero attached hydrogens (tertiary/aromatic N) is 2. The zero-order chi connectivity index (χ0) is 31.5. The Morgan fingerprint density at radius 1 is 0.837 bits per heavy atom. The summed E-state index contributed by atoms with van der Waals surface area (Å²) in [6.07, 6.45) is 0.897. The van der Waals surface area contributed by atoms with Crippen molar-refractivity contribution in [1.82, 2.24) is 9.80 Å². The second kappa shape index (κ2) is 15.9. The van der Waals surface area contributed by atoms with Crippen LogP contribution < -0.4 is 16.2 Å². The molecule has 3 rings (SSSR count). The van der Waals surface area contributed by atoms with Gasteiger partial charge in [0.2, 0.25) is 5.91 Å². The number of carbonyl (C=O) groups excluding carboxylic acids is 3. The Morgan fingerprint density at radius 3 is 1.98 bits per heavy atom. The van der Waals surface area contributed by atoms with Gasteiger partial charge in [-0.05, 0) is 67.6 Å². The summed E-state index contributed by atoms with van der Waals surface area (Å²) in [6.45, 7) is 7.11. The second-order valence-electron chi connectivity index (χ2n) is 10.9. The molecular formula is C34H44N4O5. The Bertz CT molecular complexity index is 1390. The molecule has 0 saturated heterocycles. The van der Waals surface area contributed by atoms with Gasteiger partial charge < -0.3 is 31.1 Å². The Hall–Kier alpha value is -4.21. The summed E-state index contributed by atoms with van der Waals surface area (Å²) in [7, 11) is 1.56. The molecule has 3 amide bonds. The van der Waals surface area contributed by atoms with Gasteiger partial charge in [-0.2, -0.15) is 0 Å². The maximum atomic E-state index is 14.1. The van der Waals surface area contributed by atoms with Crippen LogP contribution in [-0.4, -0.2) is 71.5 Å². The number of hydrogen-bond acceptors (Lipinski definition) is 6. The topological polar surface area (TPSA) is 139 Å². The molecule has 0 radical (unpaired) electrons. The van der Waals surface area contributed by atoms with E-state index in [0.717, 1.165) is 29.5 Å². The van der Waals surface area contributed by atoms with Crippen LogP contribution in [0.3, 0.4) is 0 Å². The Kier molecular flexibility index (Phi) is 12.3. The van der Waals surface area contributed by atoms with E-state index in [9.17, 15) is 19.5 Å². The van der Waals surface area contributed by atoms with Gasteiger partial charge >= 0.3 is 0 Å². The van der Waals surface area contributed by atoms with E-state index in [-0.39, 0.29) is 35.7 Å². The van der Waals surface area contributed by atoms with E-state index in [4.69, 9.17) is 16.2 Å². The number of aliphatic hydroxyl groups excluding tert-OH is 1. The van der Waals surface area contributed by atoms with Gasteiger partial charge in [-0.15, -0.1) is 0 Å². The molecule has 0 aromatic heterocycles. The molecule has 5 N–H and O–H groups in total. The maximum absolute atomic E-state index is 14.1. The fraction of sp³-hybridized carbons (Fsp3) is 0.382. The van der Waals surface area contributed by atoms with E-state index in [2.05, 4.69) is 0 Å². The first-order valence-corrected chi connectivity index (χ1v) is 14.7. The van der Waals surface area contributed by atoms with Crippen molar-refractivity contribution in [3.05, 3.63) is 100 Å². The molecule has 3 aromatic carbocycles. The Morgan fingerprint density at radius 2 is 1.42 bits per heavy atom. The first-order valence-electron chi connectivity index (χ1n) is 14.7. The molecular weight excluding hydrogens is 544 g/mol. The highest BCUT2D eigenvalue weighted by atomic mass is 16.5. The molecule has 9 nitrogen and oxygen atoms in total. The first-order chi connectivity index (χ1) is 20.6. The lowest BCUT2D eigenvalue weighted by molar-refractivity contribution is 0.0554. The van der Waals surface area contributed by atoms with Crippen LogP contribution in [-0.2, 0) is 13.0 Å². The lowest BCUT2D eigenvalue weighted by Crippen LogP contribution is -2.46. The molecule has 0 aliphatic carbocycles. The molecule has 3 aromatic rings. The molecule has 43 heavy (non-hydrogen) atoms. The summed E-state index contributed by atoms with van der Waals surface area (Å²) in [5.74, 6) is -0.878. The number of nitrogens with two attached hydrogens (primary N) is 2. The number of carbonyl (C=O) groups is 3.